The third kappa shape index (κ3) is 3.24. The first-order chi connectivity index (χ1) is 25.6. The summed E-state index contributed by atoms with van der Waals surface area (Å²) in [5.74, 6) is 0.389. The molecule has 0 fully saturated rings. The fourth-order valence-corrected chi connectivity index (χ4v) is 10.5. The van der Waals surface area contributed by atoms with Crippen LogP contribution in [0.3, 0.4) is 0 Å². The average molecular weight is 664 g/mol. The van der Waals surface area contributed by atoms with E-state index in [2.05, 4.69) is 172 Å². The fraction of sp³-hybridized carbons (Fsp3) is 0.102. The maximum Gasteiger partial charge on any atom is 0.0655 e. The van der Waals surface area contributed by atoms with E-state index in [1.807, 2.05) is 0 Å². The van der Waals surface area contributed by atoms with Gasteiger partial charge < -0.3 is 13.2 Å². The lowest BCUT2D eigenvalue weighted by atomic mass is 9.69. The molecule has 13 rings (SSSR count). The maximum absolute atomic E-state index is 2.54. The molecule has 3 heteroatoms. The first-order valence-electron chi connectivity index (χ1n) is 18.6. The Bertz CT molecular complexity index is 3360. The molecule has 0 radical (unpaired) electrons. The number of fused-ring (bicyclic) bond motifs is 24. The summed E-state index contributed by atoms with van der Waals surface area (Å²) in [4.78, 5) is 0. The number of rotatable bonds is 0. The van der Waals surface area contributed by atoms with Crippen molar-refractivity contribution in [1.29, 1.82) is 0 Å². The lowest BCUT2D eigenvalue weighted by molar-refractivity contribution is 0.518. The summed E-state index contributed by atoms with van der Waals surface area (Å²) in [5.41, 5.74) is 16.1. The van der Waals surface area contributed by atoms with Gasteiger partial charge in [-0.25, -0.2) is 0 Å². The molecular formula is C49H33N3. The second kappa shape index (κ2) is 9.31. The van der Waals surface area contributed by atoms with Crippen LogP contribution in [0, 0.1) is 11.3 Å². The summed E-state index contributed by atoms with van der Waals surface area (Å²) < 4.78 is 7.57. The van der Waals surface area contributed by atoms with Crippen molar-refractivity contribution in [2.45, 2.75) is 19.8 Å². The molecule has 0 amide bonds. The number of nitrogens with zero attached hydrogens (tertiary/aromatic N) is 3. The molecule has 0 aliphatic heterocycles. The van der Waals surface area contributed by atoms with Crippen molar-refractivity contribution in [2.24, 2.45) is 11.3 Å². The van der Waals surface area contributed by atoms with Gasteiger partial charge in [0.15, 0.2) is 0 Å². The van der Waals surface area contributed by atoms with Gasteiger partial charge in [0.2, 0.25) is 0 Å². The largest absolute Gasteiger partial charge is 0.315 e. The van der Waals surface area contributed by atoms with Crippen molar-refractivity contribution >= 4 is 83.0 Å². The van der Waals surface area contributed by atoms with Gasteiger partial charge in [-0.15, -0.1) is 0 Å². The smallest absolute Gasteiger partial charge is 0.0655 e. The molecule has 0 spiro atoms. The number of benzene rings is 3. The summed E-state index contributed by atoms with van der Waals surface area (Å²) in [5, 5.41) is 9.12. The topological polar surface area (TPSA) is 13.2 Å². The zero-order valence-electron chi connectivity index (χ0n) is 28.8. The first-order valence-corrected chi connectivity index (χ1v) is 18.6. The van der Waals surface area contributed by atoms with Gasteiger partial charge in [-0.1, -0.05) is 85.9 Å². The molecule has 0 saturated carbocycles. The van der Waals surface area contributed by atoms with Gasteiger partial charge in [0.1, 0.15) is 0 Å². The summed E-state index contributed by atoms with van der Waals surface area (Å²) in [6, 6.07) is 27.5. The predicted molar refractivity (Wildman–Crippen MR) is 218 cm³/mol. The van der Waals surface area contributed by atoms with Crippen LogP contribution in [0.25, 0.3) is 83.0 Å². The summed E-state index contributed by atoms with van der Waals surface area (Å²) in [6.07, 6.45) is 32.2. The molecule has 4 aliphatic rings. The SMILES string of the molecule is CC12C=CC=CC1=Cc1c(c3cccn3c3c4c5c(c6cccn6c4c4c6cc7ccccc7cc6c6cccn6c4c13)CC1C=CC=CC1=C5)C2. The van der Waals surface area contributed by atoms with Gasteiger partial charge >= 0.3 is 0 Å². The summed E-state index contributed by atoms with van der Waals surface area (Å²) in [7, 11) is 0. The Morgan fingerprint density at radius 2 is 1.23 bits per heavy atom. The van der Waals surface area contributed by atoms with Crippen LogP contribution in [-0.2, 0) is 12.8 Å². The normalized spacial score (nSPS) is 20.4. The molecule has 244 valence electrons. The quantitative estimate of drug-likeness (QED) is 0.113. The highest BCUT2D eigenvalue weighted by molar-refractivity contribution is 6.34. The Balaban J connectivity index is 1.40. The van der Waals surface area contributed by atoms with E-state index in [0.717, 1.165) is 12.8 Å². The fourth-order valence-electron chi connectivity index (χ4n) is 10.5. The van der Waals surface area contributed by atoms with Gasteiger partial charge in [-0.3, -0.25) is 0 Å². The van der Waals surface area contributed by atoms with E-state index < -0.39 is 0 Å². The number of allylic oxidation sites excluding steroid dienone is 10. The summed E-state index contributed by atoms with van der Waals surface area (Å²) in [6.45, 7) is 2.40. The molecule has 3 aromatic carbocycles. The Labute approximate surface area is 299 Å². The van der Waals surface area contributed by atoms with Crippen LogP contribution in [0.4, 0.5) is 0 Å². The van der Waals surface area contributed by atoms with Gasteiger partial charge in [-0.05, 0) is 117 Å². The molecule has 9 aromatic rings. The van der Waals surface area contributed by atoms with Crippen molar-refractivity contribution in [3.8, 4) is 0 Å². The number of pyridine rings is 3. The lowest BCUT2D eigenvalue weighted by Gasteiger charge is -2.36. The first kappa shape index (κ1) is 27.4. The summed E-state index contributed by atoms with van der Waals surface area (Å²) >= 11 is 0. The van der Waals surface area contributed by atoms with Gasteiger partial charge in [0, 0.05) is 62.5 Å². The Morgan fingerprint density at radius 1 is 0.596 bits per heavy atom. The van der Waals surface area contributed by atoms with Crippen LogP contribution in [0.15, 0.2) is 151 Å². The number of hydrogen-bond donors (Lipinski definition) is 0. The number of aromatic nitrogens is 3. The lowest BCUT2D eigenvalue weighted by Crippen LogP contribution is -2.24. The van der Waals surface area contributed by atoms with Crippen LogP contribution in [0.2, 0.25) is 0 Å². The van der Waals surface area contributed by atoms with Gasteiger partial charge in [-0.2, -0.15) is 0 Å². The van der Waals surface area contributed by atoms with E-state index in [4.69, 9.17) is 0 Å². The molecule has 3 nitrogen and oxygen atoms in total. The van der Waals surface area contributed by atoms with Gasteiger partial charge in [0.25, 0.3) is 0 Å². The molecule has 52 heavy (non-hydrogen) atoms. The highest BCUT2D eigenvalue weighted by atomic mass is 14.9. The van der Waals surface area contributed by atoms with Gasteiger partial charge in [0.05, 0.1) is 22.1 Å². The Kier molecular flexibility index (Phi) is 4.91. The van der Waals surface area contributed by atoms with Crippen LogP contribution in [0.1, 0.15) is 29.2 Å². The van der Waals surface area contributed by atoms with E-state index in [1.54, 1.807) is 0 Å². The van der Waals surface area contributed by atoms with Crippen molar-refractivity contribution < 1.29 is 0 Å². The number of hydrogen-bond acceptors (Lipinski definition) is 0. The second-order valence-corrected chi connectivity index (χ2v) is 15.6. The van der Waals surface area contributed by atoms with Crippen LogP contribution < -0.4 is 0 Å². The molecule has 0 saturated heterocycles. The third-order valence-corrected chi connectivity index (χ3v) is 12.9. The molecule has 2 unspecified atom stereocenters. The highest BCUT2D eigenvalue weighted by Crippen LogP contribution is 2.51. The Morgan fingerprint density at radius 3 is 2.00 bits per heavy atom. The van der Waals surface area contributed by atoms with E-state index >= 15 is 0 Å². The standard InChI is InChI=1S/C49H33N3/c1-49-19-7-6-15-33(49)27-38-39(28-49)42-18-10-22-52(42)48-44-37-26-32-14-5-3-12-30(32)24-35(37)40-16-8-20-50(40)46(44)43-36-25-31-13-4-2-11-29(31)23-34(36)41-17-9-21-51(41)47(43)45(38)48/h2-23,25-27,30H,24,28H2,1H3. The van der Waals surface area contributed by atoms with Crippen LogP contribution >= 0.6 is 0 Å². The highest BCUT2D eigenvalue weighted by Gasteiger charge is 2.35. The third-order valence-electron chi connectivity index (χ3n) is 12.9. The molecular weight excluding hydrogens is 631 g/mol. The van der Waals surface area contributed by atoms with E-state index in [0.29, 0.717) is 5.92 Å². The minimum absolute atomic E-state index is 0.0437. The molecule has 0 bridgehead atoms. The maximum atomic E-state index is 2.54. The van der Waals surface area contributed by atoms with Crippen LogP contribution in [0.5, 0.6) is 0 Å². The second-order valence-electron chi connectivity index (χ2n) is 15.6. The van der Waals surface area contributed by atoms with Crippen molar-refractivity contribution in [3.05, 3.63) is 173 Å². The zero-order valence-corrected chi connectivity index (χ0v) is 28.8. The van der Waals surface area contributed by atoms with Crippen molar-refractivity contribution in [1.82, 2.24) is 13.2 Å². The van der Waals surface area contributed by atoms with E-state index in [9.17, 15) is 0 Å². The average Bonchev–Trinajstić information content (AvgIpc) is 3.97. The monoisotopic (exact) mass is 663 g/mol. The molecule has 6 aromatic heterocycles. The van der Waals surface area contributed by atoms with Crippen molar-refractivity contribution in [2.75, 3.05) is 0 Å². The molecule has 6 heterocycles. The Hall–Kier alpha value is -6.32. The van der Waals surface area contributed by atoms with Crippen molar-refractivity contribution in [3.63, 3.8) is 0 Å². The molecule has 4 aliphatic carbocycles. The zero-order chi connectivity index (χ0) is 33.9. The molecule has 2 atom stereocenters. The van der Waals surface area contributed by atoms with E-state index in [1.165, 1.54) is 104 Å². The molecule has 0 N–H and O–H groups in total. The van der Waals surface area contributed by atoms with Crippen LogP contribution in [-0.4, -0.2) is 13.2 Å². The van der Waals surface area contributed by atoms with E-state index in [-0.39, 0.29) is 5.41 Å². The predicted octanol–water partition coefficient (Wildman–Crippen LogP) is 12.0. The minimum Gasteiger partial charge on any atom is -0.315 e. The minimum atomic E-state index is -0.0437.